The lowest BCUT2D eigenvalue weighted by Crippen LogP contribution is -2.31. The lowest BCUT2D eigenvalue weighted by molar-refractivity contribution is 0.370. The number of hydrogen-bond acceptors (Lipinski definition) is 3. The van der Waals surface area contributed by atoms with E-state index >= 15 is 0 Å². The lowest BCUT2D eigenvalue weighted by Gasteiger charge is -2.21. The Kier molecular flexibility index (Phi) is 2.58. The van der Waals surface area contributed by atoms with Gasteiger partial charge in [0.05, 0.1) is 7.11 Å². The number of aryl methyl sites for hydroxylation is 1. The zero-order valence-electron chi connectivity index (χ0n) is 10.1. The Hall–Kier alpha value is -1.22. The quantitative estimate of drug-likeness (QED) is 0.821. The van der Waals surface area contributed by atoms with Crippen molar-refractivity contribution < 1.29 is 9.84 Å². The third-order valence-electron chi connectivity index (χ3n) is 3.72. The Labute approximate surface area is 96.2 Å². The molecule has 0 amide bonds. The minimum atomic E-state index is 0.103. The van der Waals surface area contributed by atoms with Crippen LogP contribution in [0.4, 0.5) is 0 Å². The van der Waals surface area contributed by atoms with Crippen molar-refractivity contribution in [1.82, 2.24) is 0 Å². The van der Waals surface area contributed by atoms with Crippen LogP contribution in [-0.2, 0) is 5.41 Å². The molecule has 1 aromatic rings. The van der Waals surface area contributed by atoms with Crippen LogP contribution in [-0.4, -0.2) is 18.3 Å². The third kappa shape index (κ3) is 1.55. The zero-order valence-corrected chi connectivity index (χ0v) is 10.1. The predicted octanol–water partition coefficient (Wildman–Crippen LogP) is 2.09. The highest BCUT2D eigenvalue weighted by Gasteiger charge is 2.47. The average molecular weight is 221 g/mol. The molecule has 1 fully saturated rings. The molecule has 1 aliphatic carbocycles. The number of phenolic OH excluding ortho intramolecular Hbond substituents is 1. The summed E-state index contributed by atoms with van der Waals surface area (Å²) in [5.74, 6) is 0.772. The number of nitrogens with two attached hydrogens (primary N) is 1. The first-order valence-electron chi connectivity index (χ1n) is 5.65. The second-order valence-corrected chi connectivity index (χ2v) is 4.79. The summed E-state index contributed by atoms with van der Waals surface area (Å²) in [5.41, 5.74) is 8.18. The van der Waals surface area contributed by atoms with Gasteiger partial charge in [-0.05, 0) is 43.9 Å². The molecule has 0 saturated heterocycles. The normalized spacial score (nSPS) is 19.2. The Morgan fingerprint density at radius 1 is 1.44 bits per heavy atom. The van der Waals surface area contributed by atoms with Crippen molar-refractivity contribution in [2.24, 2.45) is 5.73 Å². The second kappa shape index (κ2) is 3.67. The standard InChI is InChI=1S/C13H19NO2/c1-8-6-10(7-11(16-3)12(8)15)13(4-5-13)9(2)14/h6-7,9,15H,4-5,14H2,1-3H3. The molecule has 1 unspecified atom stereocenters. The number of ether oxygens (including phenoxy) is 1. The molecular formula is C13H19NO2. The van der Waals surface area contributed by atoms with Gasteiger partial charge in [0.1, 0.15) is 0 Å². The number of benzene rings is 1. The summed E-state index contributed by atoms with van der Waals surface area (Å²) >= 11 is 0. The van der Waals surface area contributed by atoms with E-state index < -0.39 is 0 Å². The maximum atomic E-state index is 9.79. The Bertz CT molecular complexity index is 409. The van der Waals surface area contributed by atoms with E-state index in [4.69, 9.17) is 10.5 Å². The highest BCUT2D eigenvalue weighted by Crippen LogP contribution is 2.52. The summed E-state index contributed by atoms with van der Waals surface area (Å²) in [6.07, 6.45) is 2.25. The topological polar surface area (TPSA) is 55.5 Å². The summed E-state index contributed by atoms with van der Waals surface area (Å²) in [5, 5.41) is 9.79. The van der Waals surface area contributed by atoms with Crippen LogP contribution in [0.1, 0.15) is 30.9 Å². The van der Waals surface area contributed by atoms with Gasteiger partial charge in [0.15, 0.2) is 11.5 Å². The van der Waals surface area contributed by atoms with Crippen molar-refractivity contribution in [2.75, 3.05) is 7.11 Å². The molecule has 0 heterocycles. The molecule has 2 rings (SSSR count). The molecule has 88 valence electrons. The molecule has 1 aromatic carbocycles. The molecule has 1 saturated carbocycles. The molecule has 3 heteroatoms. The van der Waals surface area contributed by atoms with Crippen LogP contribution >= 0.6 is 0 Å². The molecule has 0 aliphatic heterocycles. The predicted molar refractivity (Wildman–Crippen MR) is 64.0 cm³/mol. The average Bonchev–Trinajstić information content (AvgIpc) is 3.02. The Morgan fingerprint density at radius 2 is 2.06 bits per heavy atom. The second-order valence-electron chi connectivity index (χ2n) is 4.79. The smallest absolute Gasteiger partial charge is 0.161 e. The molecule has 1 aliphatic rings. The zero-order chi connectivity index (χ0) is 11.9. The summed E-state index contributed by atoms with van der Waals surface area (Å²) in [4.78, 5) is 0. The summed E-state index contributed by atoms with van der Waals surface area (Å²) in [7, 11) is 1.57. The Morgan fingerprint density at radius 3 is 2.50 bits per heavy atom. The van der Waals surface area contributed by atoms with E-state index in [0.29, 0.717) is 5.75 Å². The van der Waals surface area contributed by atoms with Gasteiger partial charge < -0.3 is 15.6 Å². The molecule has 0 radical (unpaired) electrons. The van der Waals surface area contributed by atoms with E-state index in [1.807, 2.05) is 26.0 Å². The van der Waals surface area contributed by atoms with E-state index in [0.717, 1.165) is 18.4 Å². The van der Waals surface area contributed by atoms with Gasteiger partial charge in [-0.1, -0.05) is 6.07 Å². The van der Waals surface area contributed by atoms with E-state index in [2.05, 4.69) is 0 Å². The van der Waals surface area contributed by atoms with E-state index in [-0.39, 0.29) is 17.2 Å². The number of rotatable bonds is 3. The van der Waals surface area contributed by atoms with Gasteiger partial charge in [0.25, 0.3) is 0 Å². The minimum Gasteiger partial charge on any atom is -0.504 e. The van der Waals surface area contributed by atoms with Crippen LogP contribution in [0.25, 0.3) is 0 Å². The van der Waals surface area contributed by atoms with Crippen LogP contribution in [0.3, 0.4) is 0 Å². The number of methoxy groups -OCH3 is 1. The van der Waals surface area contributed by atoms with Gasteiger partial charge >= 0.3 is 0 Å². The molecule has 0 bridgehead atoms. The molecule has 1 atom stereocenters. The molecule has 3 nitrogen and oxygen atoms in total. The van der Waals surface area contributed by atoms with Crippen molar-refractivity contribution in [1.29, 1.82) is 0 Å². The van der Waals surface area contributed by atoms with Crippen molar-refractivity contribution in [2.45, 2.75) is 38.1 Å². The van der Waals surface area contributed by atoms with Gasteiger partial charge in [-0.15, -0.1) is 0 Å². The van der Waals surface area contributed by atoms with E-state index in [1.54, 1.807) is 7.11 Å². The maximum absolute atomic E-state index is 9.79. The van der Waals surface area contributed by atoms with Crippen molar-refractivity contribution in [3.8, 4) is 11.5 Å². The number of hydrogen-bond donors (Lipinski definition) is 2. The van der Waals surface area contributed by atoms with E-state index in [9.17, 15) is 5.11 Å². The first kappa shape index (κ1) is 11.3. The SMILES string of the molecule is COc1cc(C2(C(C)N)CC2)cc(C)c1O. The summed E-state index contributed by atoms with van der Waals surface area (Å²) in [6.45, 7) is 3.93. The fraction of sp³-hybridized carbons (Fsp3) is 0.538. The van der Waals surface area contributed by atoms with Gasteiger partial charge in [0, 0.05) is 11.5 Å². The van der Waals surface area contributed by atoms with Gasteiger partial charge in [-0.25, -0.2) is 0 Å². The van der Waals surface area contributed by atoms with Crippen LogP contribution in [0, 0.1) is 6.92 Å². The maximum Gasteiger partial charge on any atom is 0.161 e. The highest BCUT2D eigenvalue weighted by atomic mass is 16.5. The lowest BCUT2D eigenvalue weighted by atomic mass is 9.88. The van der Waals surface area contributed by atoms with Gasteiger partial charge in [0.2, 0.25) is 0 Å². The molecular weight excluding hydrogens is 202 g/mol. The van der Waals surface area contributed by atoms with Crippen LogP contribution in [0.5, 0.6) is 11.5 Å². The van der Waals surface area contributed by atoms with Gasteiger partial charge in [-0.2, -0.15) is 0 Å². The van der Waals surface area contributed by atoms with Crippen LogP contribution < -0.4 is 10.5 Å². The van der Waals surface area contributed by atoms with Crippen LogP contribution in [0.15, 0.2) is 12.1 Å². The molecule has 0 aromatic heterocycles. The van der Waals surface area contributed by atoms with Gasteiger partial charge in [-0.3, -0.25) is 0 Å². The fourth-order valence-electron chi connectivity index (χ4n) is 2.33. The number of aromatic hydroxyl groups is 1. The fourth-order valence-corrected chi connectivity index (χ4v) is 2.33. The summed E-state index contributed by atoms with van der Waals surface area (Å²) < 4.78 is 5.18. The molecule has 0 spiro atoms. The van der Waals surface area contributed by atoms with Crippen molar-refractivity contribution >= 4 is 0 Å². The third-order valence-corrected chi connectivity index (χ3v) is 3.72. The molecule has 3 N–H and O–H groups in total. The molecule has 16 heavy (non-hydrogen) atoms. The number of phenols is 1. The highest BCUT2D eigenvalue weighted by molar-refractivity contribution is 5.51. The first-order chi connectivity index (χ1) is 7.51. The largest absolute Gasteiger partial charge is 0.504 e. The summed E-state index contributed by atoms with van der Waals surface area (Å²) in [6, 6.07) is 4.08. The monoisotopic (exact) mass is 221 g/mol. The Balaban J connectivity index is 2.47. The minimum absolute atomic E-state index is 0.103. The first-order valence-corrected chi connectivity index (χ1v) is 5.65. The van der Waals surface area contributed by atoms with Crippen molar-refractivity contribution in [3.63, 3.8) is 0 Å². The van der Waals surface area contributed by atoms with Crippen molar-refractivity contribution in [3.05, 3.63) is 23.3 Å². The van der Waals surface area contributed by atoms with Crippen LogP contribution in [0.2, 0.25) is 0 Å². The van der Waals surface area contributed by atoms with E-state index in [1.165, 1.54) is 5.56 Å².